The quantitative estimate of drug-likeness (QED) is 0.306. The summed E-state index contributed by atoms with van der Waals surface area (Å²) in [6.45, 7) is 6.58. The highest BCUT2D eigenvalue weighted by Gasteiger charge is 2.44. The number of allylic oxidation sites excluding steroid dienone is 2. The Morgan fingerprint density at radius 2 is 1.92 bits per heavy atom. The number of aryl methyl sites for hydroxylation is 1. The monoisotopic (exact) mass is 713 g/mol. The van der Waals surface area contributed by atoms with E-state index < -0.39 is 21.2 Å². The molecule has 0 unspecified atom stereocenters. The van der Waals surface area contributed by atoms with Crippen LogP contribution in [0.5, 0.6) is 5.75 Å². The number of ether oxygens (including phenoxy) is 1. The first kappa shape index (κ1) is 37.1. The maximum atomic E-state index is 13.3. The van der Waals surface area contributed by atoms with E-state index in [0.717, 1.165) is 55.8 Å². The Bertz CT molecular complexity index is 1730. The van der Waals surface area contributed by atoms with E-state index in [1.165, 1.54) is 11.1 Å². The van der Waals surface area contributed by atoms with Gasteiger partial charge in [-0.25, -0.2) is 17.5 Å². The molecule has 8 nitrogen and oxygen atoms in total. The third kappa shape index (κ3) is 8.07. The number of anilines is 1. The number of nitrogens with one attached hydrogen (secondary N) is 2. The highest BCUT2D eigenvalue weighted by Crippen LogP contribution is 2.46. The third-order valence-corrected chi connectivity index (χ3v) is 13.0. The average Bonchev–Trinajstić information content (AvgIpc) is 3.19. The van der Waals surface area contributed by atoms with E-state index in [2.05, 4.69) is 27.1 Å². The third-order valence-electron chi connectivity index (χ3n) is 10.8. The lowest BCUT2D eigenvalue weighted by atomic mass is 9.68. The van der Waals surface area contributed by atoms with E-state index in [1.807, 2.05) is 13.0 Å². The molecule has 2 aliphatic carbocycles. The van der Waals surface area contributed by atoms with E-state index in [1.54, 1.807) is 43.4 Å². The van der Waals surface area contributed by atoms with Gasteiger partial charge in [-0.05, 0) is 118 Å². The van der Waals surface area contributed by atoms with Crippen molar-refractivity contribution < 1.29 is 27.1 Å². The van der Waals surface area contributed by atoms with Crippen LogP contribution in [0.15, 0.2) is 60.5 Å². The van der Waals surface area contributed by atoms with E-state index in [4.69, 9.17) is 16.3 Å². The second kappa shape index (κ2) is 15.4. The molecule has 1 fully saturated rings. The van der Waals surface area contributed by atoms with Gasteiger partial charge in [0, 0.05) is 41.6 Å². The lowest BCUT2D eigenvalue weighted by Crippen LogP contribution is -2.49. The number of carbonyl (C=O) groups excluding carboxylic acids is 2. The van der Waals surface area contributed by atoms with E-state index in [-0.39, 0.29) is 47.8 Å². The number of hydrogen-bond donors (Lipinski definition) is 2. The first-order valence-corrected chi connectivity index (χ1v) is 19.0. The number of benzene rings is 2. The van der Waals surface area contributed by atoms with Crippen molar-refractivity contribution in [2.75, 3.05) is 37.7 Å². The molecule has 2 aromatic rings. The van der Waals surface area contributed by atoms with Gasteiger partial charge >= 0.3 is 0 Å². The molecule has 2 bridgehead atoms. The maximum absolute atomic E-state index is 13.3. The summed E-state index contributed by atoms with van der Waals surface area (Å²) >= 11 is 6.37. The predicted octanol–water partition coefficient (Wildman–Crippen LogP) is 6.92. The summed E-state index contributed by atoms with van der Waals surface area (Å²) < 4.78 is 47.0. The number of hydrogen-bond acceptors (Lipinski definition) is 7. The summed E-state index contributed by atoms with van der Waals surface area (Å²) in [4.78, 5) is 28.8. The van der Waals surface area contributed by atoms with Crippen LogP contribution in [0.3, 0.4) is 0 Å². The lowest BCUT2D eigenvalue weighted by Gasteiger charge is -2.44. The number of sulfonamides is 1. The van der Waals surface area contributed by atoms with Crippen molar-refractivity contribution in [3.63, 3.8) is 0 Å². The van der Waals surface area contributed by atoms with Crippen LogP contribution in [0.4, 0.5) is 10.1 Å². The van der Waals surface area contributed by atoms with Gasteiger partial charge in [-0.15, -0.1) is 0 Å². The van der Waals surface area contributed by atoms with Crippen molar-refractivity contribution in [3.8, 4) is 5.75 Å². The molecule has 1 spiro atoms. The fraction of sp³-hybridized carbons (Fsp3) is 0.526. The molecule has 49 heavy (non-hydrogen) atoms. The van der Waals surface area contributed by atoms with Crippen LogP contribution < -0.4 is 19.7 Å². The van der Waals surface area contributed by atoms with Gasteiger partial charge in [0.1, 0.15) is 11.6 Å². The molecule has 0 saturated heterocycles. The normalized spacial score (nSPS) is 29.9. The fourth-order valence-electron chi connectivity index (χ4n) is 7.61. The van der Waals surface area contributed by atoms with Crippen molar-refractivity contribution in [1.29, 1.82) is 0 Å². The van der Waals surface area contributed by atoms with Gasteiger partial charge in [0.2, 0.25) is 10.0 Å². The molecule has 266 valence electrons. The summed E-state index contributed by atoms with van der Waals surface area (Å²) in [5.74, 6) is -0.0539. The topological polar surface area (TPSA) is 105 Å². The van der Waals surface area contributed by atoms with E-state index >= 15 is 0 Å². The van der Waals surface area contributed by atoms with Gasteiger partial charge < -0.3 is 15.0 Å². The van der Waals surface area contributed by atoms with Crippen molar-refractivity contribution in [2.24, 2.45) is 17.8 Å². The molecule has 2 N–H and O–H groups in total. The van der Waals surface area contributed by atoms with Gasteiger partial charge in [-0.3, -0.25) is 9.59 Å². The molecule has 11 heteroatoms. The minimum absolute atomic E-state index is 0. The van der Waals surface area contributed by atoms with Crippen LogP contribution >= 0.6 is 11.6 Å². The van der Waals surface area contributed by atoms with Crippen LogP contribution in [0.25, 0.3) is 0 Å². The molecule has 7 rings (SSSR count). The summed E-state index contributed by atoms with van der Waals surface area (Å²) in [5, 5.41) is 2.81. The Labute approximate surface area is 295 Å². The van der Waals surface area contributed by atoms with Gasteiger partial charge in [0.25, 0.3) is 5.91 Å². The van der Waals surface area contributed by atoms with Crippen molar-refractivity contribution in [1.82, 2.24) is 10.0 Å². The minimum atomic E-state index is -3.93. The second-order valence-corrected chi connectivity index (χ2v) is 16.5. The molecule has 1 saturated carbocycles. The Hall–Kier alpha value is -3.21. The van der Waals surface area contributed by atoms with Gasteiger partial charge in [-0.2, -0.15) is 0 Å². The van der Waals surface area contributed by atoms with E-state index in [0.29, 0.717) is 38.4 Å². The number of rotatable bonds is 0. The maximum Gasteiger partial charge on any atom is 0.264 e. The van der Waals surface area contributed by atoms with Gasteiger partial charge in [-0.1, -0.05) is 44.2 Å². The number of fused-ring (bicyclic) bond motifs is 4. The second-order valence-electron chi connectivity index (χ2n) is 14.0. The van der Waals surface area contributed by atoms with Crippen molar-refractivity contribution in [2.45, 2.75) is 76.9 Å². The molecule has 5 atom stereocenters. The molecule has 5 aliphatic rings. The van der Waals surface area contributed by atoms with Crippen LogP contribution in [0.2, 0.25) is 5.02 Å². The highest BCUT2D eigenvalue weighted by molar-refractivity contribution is 7.90. The zero-order valence-corrected chi connectivity index (χ0v) is 29.2. The molecule has 2 aromatic carbocycles. The summed E-state index contributed by atoms with van der Waals surface area (Å²) in [5.41, 5.74) is 3.22. The molecular formula is C38H49ClFN3O5S. The summed E-state index contributed by atoms with van der Waals surface area (Å²) in [6, 6.07) is 11.3. The Morgan fingerprint density at radius 1 is 1.10 bits per heavy atom. The van der Waals surface area contributed by atoms with E-state index in [9.17, 15) is 22.4 Å². The van der Waals surface area contributed by atoms with Crippen LogP contribution in [-0.2, 0) is 26.7 Å². The molecule has 3 aliphatic heterocycles. The molecule has 3 heterocycles. The van der Waals surface area contributed by atoms with Crippen molar-refractivity contribution in [3.05, 3.63) is 82.2 Å². The average molecular weight is 714 g/mol. The standard InChI is InChI=1S/C32H37ClN2O5S.C5H8FN.CH4/c1-20-5-3-7-29(36)26-11-8-24(26)17-35-18-32(14-4-6-22-15-25(33)10-12-27(22)32)19-40-30-13-9-23(16-28(30)35)31(37)34-41(38,39)21(20)2;6-5-2-1-3-7-4-5;/h3,7,9-10,12-13,15-16,20-21,24,26H,4-6,8,11,14,17-19H2,1-2H3,(H,34,37);2,7H,1,3-4H2;1H4/b7-3+;;/t20-,21+,24-,26+,32-;;/m0../s1. The smallest absolute Gasteiger partial charge is 0.264 e. The SMILES string of the molecule is C.C[C@@H]1[C@@H](C)C/C=C/C(=O)[C@@H]2CC[C@H]2CN2C[C@@]3(CCCc4cc(Cl)ccc43)COc3ccc(cc32)C(=O)NS1(=O)=O.FC1=CCCNC1. The largest absolute Gasteiger partial charge is 0.490 e. The fourth-order valence-corrected chi connectivity index (χ4v) is 9.09. The van der Waals surface area contributed by atoms with Crippen LogP contribution in [-0.4, -0.2) is 58.1 Å². The number of nitrogens with zero attached hydrogens (tertiary/aromatic N) is 1. The van der Waals surface area contributed by atoms with Crippen LogP contribution in [0, 0.1) is 17.8 Å². The lowest BCUT2D eigenvalue weighted by molar-refractivity contribution is -0.122. The number of amides is 1. The minimum Gasteiger partial charge on any atom is -0.490 e. The molecular weight excluding hydrogens is 665 g/mol. The Morgan fingerprint density at radius 3 is 2.61 bits per heavy atom. The molecule has 1 amide bonds. The van der Waals surface area contributed by atoms with Gasteiger partial charge in [0.15, 0.2) is 5.78 Å². The first-order chi connectivity index (χ1) is 23.0. The zero-order chi connectivity index (χ0) is 34.1. The Kier molecular flexibility index (Phi) is 11.6. The van der Waals surface area contributed by atoms with Crippen molar-refractivity contribution >= 4 is 39.0 Å². The highest BCUT2D eigenvalue weighted by atomic mass is 35.5. The zero-order valence-electron chi connectivity index (χ0n) is 27.6. The molecule has 0 aromatic heterocycles. The first-order valence-electron chi connectivity index (χ1n) is 17.1. The number of carbonyl (C=O) groups is 2. The molecule has 0 radical (unpaired) electrons. The van der Waals surface area contributed by atoms with Crippen LogP contribution in [0.1, 0.15) is 81.3 Å². The Balaban J connectivity index is 0.000000523. The van der Waals surface area contributed by atoms with Gasteiger partial charge in [0.05, 0.1) is 17.5 Å². The number of ketones is 1. The summed E-state index contributed by atoms with van der Waals surface area (Å²) in [7, 11) is -3.93. The number of halogens is 2. The predicted molar refractivity (Wildman–Crippen MR) is 194 cm³/mol. The summed E-state index contributed by atoms with van der Waals surface area (Å²) in [6.07, 6.45) is 11.1.